The van der Waals surface area contributed by atoms with Crippen LogP contribution < -0.4 is 10.1 Å². The highest BCUT2D eigenvalue weighted by atomic mass is 32.2. The molecule has 1 unspecified atom stereocenters. The first-order chi connectivity index (χ1) is 9.67. The summed E-state index contributed by atoms with van der Waals surface area (Å²) < 4.78 is 5.51. The van der Waals surface area contributed by atoms with Crippen molar-refractivity contribution >= 4 is 11.8 Å². The molecular formula is C16H28N2OS. The molecule has 1 rings (SSSR count). The quantitative estimate of drug-likeness (QED) is 0.706. The fourth-order valence-electron chi connectivity index (χ4n) is 2.22. The zero-order valence-corrected chi connectivity index (χ0v) is 14.2. The van der Waals surface area contributed by atoms with Gasteiger partial charge in [-0.25, -0.2) is 0 Å². The highest BCUT2D eigenvalue weighted by Gasteiger charge is 2.15. The molecule has 0 heterocycles. The van der Waals surface area contributed by atoms with Crippen molar-refractivity contribution in [2.45, 2.75) is 31.7 Å². The number of nitrogens with one attached hydrogen (secondary N) is 1. The molecule has 114 valence electrons. The SMILES string of the molecule is CCN(CC)CCSc1cccc(OC)c1C(C)NC. The summed E-state index contributed by atoms with van der Waals surface area (Å²) in [4.78, 5) is 3.77. The van der Waals surface area contributed by atoms with Gasteiger partial charge in [0.2, 0.25) is 0 Å². The van der Waals surface area contributed by atoms with Crippen LogP contribution >= 0.6 is 11.8 Å². The number of rotatable bonds is 9. The zero-order valence-electron chi connectivity index (χ0n) is 13.4. The van der Waals surface area contributed by atoms with Crippen molar-refractivity contribution in [3.05, 3.63) is 23.8 Å². The molecule has 0 saturated carbocycles. The Labute approximate surface area is 128 Å². The number of ether oxygens (including phenoxy) is 1. The topological polar surface area (TPSA) is 24.5 Å². The molecule has 0 aliphatic rings. The molecule has 20 heavy (non-hydrogen) atoms. The molecule has 0 bridgehead atoms. The smallest absolute Gasteiger partial charge is 0.124 e. The van der Waals surface area contributed by atoms with E-state index in [9.17, 15) is 0 Å². The highest BCUT2D eigenvalue weighted by molar-refractivity contribution is 7.99. The van der Waals surface area contributed by atoms with E-state index in [0.717, 1.165) is 31.1 Å². The lowest BCUT2D eigenvalue weighted by molar-refractivity contribution is 0.324. The van der Waals surface area contributed by atoms with E-state index in [-0.39, 0.29) is 0 Å². The minimum absolute atomic E-state index is 0.294. The zero-order chi connectivity index (χ0) is 15.0. The van der Waals surface area contributed by atoms with Crippen molar-refractivity contribution in [2.24, 2.45) is 0 Å². The molecule has 0 radical (unpaired) electrons. The van der Waals surface area contributed by atoms with Gasteiger partial charge in [0.15, 0.2) is 0 Å². The van der Waals surface area contributed by atoms with Crippen LogP contribution in [-0.4, -0.2) is 44.4 Å². The predicted molar refractivity (Wildman–Crippen MR) is 89.0 cm³/mol. The van der Waals surface area contributed by atoms with E-state index in [0.29, 0.717) is 6.04 Å². The summed E-state index contributed by atoms with van der Waals surface area (Å²) in [6.07, 6.45) is 0. The van der Waals surface area contributed by atoms with Gasteiger partial charge in [-0.05, 0) is 39.2 Å². The molecule has 1 N–H and O–H groups in total. The van der Waals surface area contributed by atoms with E-state index >= 15 is 0 Å². The number of hydrogen-bond donors (Lipinski definition) is 1. The van der Waals surface area contributed by atoms with Crippen molar-refractivity contribution in [3.63, 3.8) is 0 Å². The van der Waals surface area contributed by atoms with Gasteiger partial charge >= 0.3 is 0 Å². The van der Waals surface area contributed by atoms with Crippen molar-refractivity contribution < 1.29 is 4.74 Å². The van der Waals surface area contributed by atoms with Gasteiger partial charge in [-0.1, -0.05) is 19.9 Å². The van der Waals surface area contributed by atoms with Crippen LogP contribution in [0.4, 0.5) is 0 Å². The Morgan fingerprint density at radius 2 is 2.00 bits per heavy atom. The Morgan fingerprint density at radius 1 is 1.30 bits per heavy atom. The third-order valence-corrected chi connectivity index (χ3v) is 4.73. The Kier molecular flexibility index (Phi) is 8.04. The fraction of sp³-hybridized carbons (Fsp3) is 0.625. The molecule has 1 aromatic carbocycles. The van der Waals surface area contributed by atoms with Crippen LogP contribution in [0, 0.1) is 0 Å². The lowest BCUT2D eigenvalue weighted by atomic mass is 10.1. The number of hydrogen-bond acceptors (Lipinski definition) is 4. The van der Waals surface area contributed by atoms with Gasteiger partial charge in [0, 0.05) is 28.8 Å². The van der Waals surface area contributed by atoms with Crippen molar-refractivity contribution in [2.75, 3.05) is 39.5 Å². The second kappa shape index (κ2) is 9.27. The van der Waals surface area contributed by atoms with Gasteiger partial charge in [0.25, 0.3) is 0 Å². The van der Waals surface area contributed by atoms with E-state index in [1.807, 2.05) is 24.9 Å². The summed E-state index contributed by atoms with van der Waals surface area (Å²) in [6.45, 7) is 9.97. The molecular weight excluding hydrogens is 268 g/mol. The van der Waals surface area contributed by atoms with E-state index in [1.54, 1.807) is 7.11 Å². The normalized spacial score (nSPS) is 12.7. The first-order valence-corrected chi connectivity index (χ1v) is 8.35. The minimum atomic E-state index is 0.294. The molecule has 4 heteroatoms. The van der Waals surface area contributed by atoms with Crippen LogP contribution in [0.3, 0.4) is 0 Å². The monoisotopic (exact) mass is 296 g/mol. The summed E-state index contributed by atoms with van der Waals surface area (Å²) in [5.74, 6) is 2.08. The summed E-state index contributed by atoms with van der Waals surface area (Å²) >= 11 is 1.92. The number of thioether (sulfide) groups is 1. The van der Waals surface area contributed by atoms with Crippen LogP contribution in [0.2, 0.25) is 0 Å². The van der Waals surface area contributed by atoms with E-state index in [1.165, 1.54) is 10.5 Å². The molecule has 3 nitrogen and oxygen atoms in total. The summed E-state index contributed by atoms with van der Waals surface area (Å²) in [5, 5.41) is 3.31. The first kappa shape index (κ1) is 17.3. The van der Waals surface area contributed by atoms with Crippen molar-refractivity contribution in [3.8, 4) is 5.75 Å². The van der Waals surface area contributed by atoms with Gasteiger partial charge in [-0.2, -0.15) is 0 Å². The molecule has 0 amide bonds. The van der Waals surface area contributed by atoms with Crippen LogP contribution in [-0.2, 0) is 0 Å². The number of methoxy groups -OCH3 is 1. The fourth-order valence-corrected chi connectivity index (χ4v) is 3.40. The molecule has 1 aromatic rings. The van der Waals surface area contributed by atoms with Crippen LogP contribution in [0.25, 0.3) is 0 Å². The Balaban J connectivity index is 2.78. The minimum Gasteiger partial charge on any atom is -0.496 e. The second-order valence-corrected chi connectivity index (χ2v) is 5.89. The number of benzene rings is 1. The van der Waals surface area contributed by atoms with Gasteiger partial charge in [0.1, 0.15) is 5.75 Å². The van der Waals surface area contributed by atoms with Crippen LogP contribution in [0.1, 0.15) is 32.4 Å². The maximum Gasteiger partial charge on any atom is 0.124 e. The van der Waals surface area contributed by atoms with E-state index in [4.69, 9.17) is 4.74 Å². The Bertz CT molecular complexity index is 394. The predicted octanol–water partition coefficient (Wildman–Crippen LogP) is 3.41. The van der Waals surface area contributed by atoms with Crippen LogP contribution in [0.15, 0.2) is 23.1 Å². The largest absolute Gasteiger partial charge is 0.496 e. The standard InChI is InChI=1S/C16H28N2OS/c1-6-18(7-2)11-12-20-15-10-8-9-14(19-5)16(15)13(3)17-4/h8-10,13,17H,6-7,11-12H2,1-5H3. The lowest BCUT2D eigenvalue weighted by Gasteiger charge is -2.21. The number of nitrogens with zero attached hydrogens (tertiary/aromatic N) is 1. The first-order valence-electron chi connectivity index (χ1n) is 7.37. The van der Waals surface area contributed by atoms with E-state index < -0.39 is 0 Å². The molecule has 0 saturated heterocycles. The third-order valence-electron chi connectivity index (χ3n) is 3.67. The van der Waals surface area contributed by atoms with Crippen LogP contribution in [0.5, 0.6) is 5.75 Å². The average molecular weight is 296 g/mol. The molecule has 0 fully saturated rings. The van der Waals surface area contributed by atoms with Gasteiger partial charge in [-0.15, -0.1) is 11.8 Å². The summed E-state index contributed by atoms with van der Waals surface area (Å²) in [5.41, 5.74) is 1.27. The van der Waals surface area contributed by atoms with Crippen molar-refractivity contribution in [1.82, 2.24) is 10.2 Å². The van der Waals surface area contributed by atoms with E-state index in [2.05, 4.69) is 43.1 Å². The highest BCUT2D eigenvalue weighted by Crippen LogP contribution is 2.34. The summed E-state index contributed by atoms with van der Waals surface area (Å²) in [6, 6.07) is 6.60. The van der Waals surface area contributed by atoms with Crippen molar-refractivity contribution in [1.29, 1.82) is 0 Å². The molecule has 1 atom stereocenters. The maximum atomic E-state index is 5.51. The lowest BCUT2D eigenvalue weighted by Crippen LogP contribution is -2.25. The molecule has 0 aliphatic heterocycles. The molecule has 0 aliphatic carbocycles. The van der Waals surface area contributed by atoms with Gasteiger partial charge in [-0.3, -0.25) is 0 Å². The molecule has 0 aromatic heterocycles. The average Bonchev–Trinajstić information content (AvgIpc) is 2.50. The second-order valence-electron chi connectivity index (χ2n) is 4.76. The summed E-state index contributed by atoms with van der Waals surface area (Å²) in [7, 11) is 3.73. The Hall–Kier alpha value is -0.710. The van der Waals surface area contributed by atoms with Gasteiger partial charge < -0.3 is 15.0 Å². The molecule has 0 spiro atoms. The third kappa shape index (κ3) is 4.69. The van der Waals surface area contributed by atoms with Gasteiger partial charge in [0.05, 0.1) is 7.11 Å². The maximum absolute atomic E-state index is 5.51. The Morgan fingerprint density at radius 3 is 2.55 bits per heavy atom.